The van der Waals surface area contributed by atoms with E-state index in [9.17, 15) is 9.59 Å². The molecule has 0 aliphatic heterocycles. The third-order valence-electron chi connectivity index (χ3n) is 3.93. The van der Waals surface area contributed by atoms with Crippen molar-refractivity contribution < 1.29 is 14.0 Å². The van der Waals surface area contributed by atoms with Gasteiger partial charge in [-0.05, 0) is 29.2 Å². The highest BCUT2D eigenvalue weighted by atomic mass is 35.5. The molecule has 0 radical (unpaired) electrons. The summed E-state index contributed by atoms with van der Waals surface area (Å²) in [5, 5.41) is 5.42. The number of rotatable bonds is 8. The van der Waals surface area contributed by atoms with Gasteiger partial charge in [0.15, 0.2) is 5.76 Å². The smallest absolute Gasteiger partial charge is 0.286 e. The number of halogens is 1. The monoisotopic (exact) mass is 379 g/mol. The number of carbonyl (C=O) groups excluding carboxylic acids is 2. The van der Waals surface area contributed by atoms with E-state index in [-0.39, 0.29) is 49.0 Å². The van der Waals surface area contributed by atoms with Crippen molar-refractivity contribution in [3.05, 3.63) is 59.5 Å². The summed E-state index contributed by atoms with van der Waals surface area (Å²) in [5.41, 5.74) is 8.35. The Morgan fingerprint density at radius 1 is 1.08 bits per heavy atom. The fraction of sp³-hybridized carbons (Fsp3) is 0.368. The first-order chi connectivity index (χ1) is 12.0. The van der Waals surface area contributed by atoms with Gasteiger partial charge in [-0.1, -0.05) is 38.1 Å². The van der Waals surface area contributed by atoms with Crippen LogP contribution in [0.4, 0.5) is 0 Å². The van der Waals surface area contributed by atoms with Crippen LogP contribution in [0.5, 0.6) is 0 Å². The average Bonchev–Trinajstić information content (AvgIpc) is 3.14. The van der Waals surface area contributed by atoms with Gasteiger partial charge in [0.2, 0.25) is 5.91 Å². The van der Waals surface area contributed by atoms with E-state index in [4.69, 9.17) is 10.2 Å². The predicted octanol–water partition coefficient (Wildman–Crippen LogP) is 2.76. The Hall–Kier alpha value is -2.31. The minimum atomic E-state index is -0.334. The summed E-state index contributed by atoms with van der Waals surface area (Å²) in [6.45, 7) is 4.87. The van der Waals surface area contributed by atoms with Gasteiger partial charge < -0.3 is 20.8 Å². The van der Waals surface area contributed by atoms with Crippen LogP contribution in [-0.4, -0.2) is 24.9 Å². The molecule has 0 aliphatic carbocycles. The standard InChI is InChI=1S/C19H25N3O3.ClH/c1-13(2)14-5-7-15(8-6-14)16(20)12-22-18(23)9-10-21-19(24)17-4-3-11-25-17;/h3-8,11,13,16H,9-10,12,20H2,1-2H3,(H,21,24)(H,22,23);1H. The van der Waals surface area contributed by atoms with E-state index >= 15 is 0 Å². The van der Waals surface area contributed by atoms with Crippen molar-refractivity contribution in [1.29, 1.82) is 0 Å². The van der Waals surface area contributed by atoms with E-state index in [0.717, 1.165) is 5.56 Å². The molecule has 0 bridgehead atoms. The molecule has 26 heavy (non-hydrogen) atoms. The average molecular weight is 380 g/mol. The van der Waals surface area contributed by atoms with Crippen molar-refractivity contribution in [3.8, 4) is 0 Å². The molecule has 7 heteroatoms. The summed E-state index contributed by atoms with van der Waals surface area (Å²) < 4.78 is 4.97. The number of nitrogens with two attached hydrogens (primary N) is 1. The summed E-state index contributed by atoms with van der Waals surface area (Å²) in [4.78, 5) is 23.5. The van der Waals surface area contributed by atoms with Gasteiger partial charge in [-0.15, -0.1) is 12.4 Å². The van der Waals surface area contributed by atoms with Crippen molar-refractivity contribution >= 4 is 24.2 Å². The maximum atomic E-state index is 11.8. The Kier molecular flexibility index (Phi) is 8.88. The Balaban J connectivity index is 0.00000338. The molecule has 1 atom stereocenters. The molecule has 1 aromatic carbocycles. The van der Waals surface area contributed by atoms with Crippen LogP contribution in [0.25, 0.3) is 0 Å². The molecular formula is C19H26ClN3O3. The molecule has 0 aliphatic rings. The lowest BCUT2D eigenvalue weighted by Crippen LogP contribution is -2.34. The molecule has 2 aromatic rings. The van der Waals surface area contributed by atoms with Crippen LogP contribution in [0.3, 0.4) is 0 Å². The molecule has 0 saturated heterocycles. The highest BCUT2D eigenvalue weighted by Crippen LogP contribution is 2.17. The van der Waals surface area contributed by atoms with Crippen LogP contribution in [-0.2, 0) is 4.79 Å². The van der Waals surface area contributed by atoms with E-state index in [1.807, 2.05) is 12.1 Å². The van der Waals surface area contributed by atoms with Crippen LogP contribution >= 0.6 is 12.4 Å². The number of hydrogen-bond acceptors (Lipinski definition) is 4. The van der Waals surface area contributed by atoms with Gasteiger partial charge in [0.1, 0.15) is 0 Å². The fourth-order valence-electron chi connectivity index (χ4n) is 2.34. The number of amides is 2. The number of furan rings is 1. The molecule has 4 N–H and O–H groups in total. The SMILES string of the molecule is CC(C)c1ccc(C(N)CNC(=O)CCNC(=O)c2ccco2)cc1.Cl. The summed E-state index contributed by atoms with van der Waals surface area (Å²) in [7, 11) is 0. The van der Waals surface area contributed by atoms with Crippen LogP contribution in [0.1, 0.15) is 53.9 Å². The van der Waals surface area contributed by atoms with Crippen molar-refractivity contribution in [2.75, 3.05) is 13.1 Å². The molecule has 1 unspecified atom stereocenters. The molecule has 6 nitrogen and oxygen atoms in total. The van der Waals surface area contributed by atoms with Crippen molar-refractivity contribution in [1.82, 2.24) is 10.6 Å². The first kappa shape index (κ1) is 21.7. The number of hydrogen-bond donors (Lipinski definition) is 3. The second kappa shape index (κ2) is 10.6. The maximum absolute atomic E-state index is 11.8. The van der Waals surface area contributed by atoms with Crippen LogP contribution < -0.4 is 16.4 Å². The molecule has 2 amide bonds. The van der Waals surface area contributed by atoms with Gasteiger partial charge in [0.05, 0.1) is 6.26 Å². The van der Waals surface area contributed by atoms with E-state index in [1.165, 1.54) is 11.8 Å². The quantitative estimate of drug-likeness (QED) is 0.656. The third-order valence-corrected chi connectivity index (χ3v) is 3.93. The van der Waals surface area contributed by atoms with Gasteiger partial charge in [-0.2, -0.15) is 0 Å². The molecule has 0 fully saturated rings. The zero-order valence-corrected chi connectivity index (χ0v) is 15.8. The molecule has 1 heterocycles. The maximum Gasteiger partial charge on any atom is 0.286 e. The second-order valence-electron chi connectivity index (χ2n) is 6.22. The summed E-state index contributed by atoms with van der Waals surface area (Å²) in [5.74, 6) is 0.211. The van der Waals surface area contributed by atoms with Gasteiger partial charge in [0, 0.05) is 25.6 Å². The Morgan fingerprint density at radius 3 is 2.31 bits per heavy atom. The first-order valence-electron chi connectivity index (χ1n) is 8.41. The topological polar surface area (TPSA) is 97.4 Å². The van der Waals surface area contributed by atoms with Crippen molar-refractivity contribution in [2.24, 2.45) is 5.73 Å². The van der Waals surface area contributed by atoms with Crippen LogP contribution in [0.15, 0.2) is 47.1 Å². The summed E-state index contributed by atoms with van der Waals surface area (Å²) >= 11 is 0. The van der Waals surface area contributed by atoms with Gasteiger partial charge in [-0.25, -0.2) is 0 Å². The van der Waals surface area contributed by atoms with Gasteiger partial charge in [0.25, 0.3) is 5.91 Å². The van der Waals surface area contributed by atoms with Gasteiger partial charge in [-0.3, -0.25) is 9.59 Å². The van der Waals surface area contributed by atoms with Crippen LogP contribution in [0.2, 0.25) is 0 Å². The largest absolute Gasteiger partial charge is 0.459 e. The van der Waals surface area contributed by atoms with E-state index in [0.29, 0.717) is 12.5 Å². The highest BCUT2D eigenvalue weighted by molar-refractivity contribution is 5.91. The minimum Gasteiger partial charge on any atom is -0.459 e. The second-order valence-corrected chi connectivity index (χ2v) is 6.22. The normalized spacial score (nSPS) is 11.5. The van der Waals surface area contributed by atoms with Gasteiger partial charge >= 0.3 is 0 Å². The Labute approximate surface area is 159 Å². The Bertz CT molecular complexity index is 685. The lowest BCUT2D eigenvalue weighted by atomic mass is 9.99. The first-order valence-corrected chi connectivity index (χ1v) is 8.41. The zero-order chi connectivity index (χ0) is 18.2. The molecule has 0 saturated carbocycles. The zero-order valence-electron chi connectivity index (χ0n) is 15.0. The van der Waals surface area contributed by atoms with E-state index in [2.05, 4.69) is 36.6 Å². The Morgan fingerprint density at radius 2 is 1.73 bits per heavy atom. The van der Waals surface area contributed by atoms with E-state index < -0.39 is 0 Å². The number of benzene rings is 1. The predicted molar refractivity (Wildman–Crippen MR) is 103 cm³/mol. The molecule has 0 spiro atoms. The van der Waals surface area contributed by atoms with Crippen LogP contribution in [0, 0.1) is 0 Å². The molecular weight excluding hydrogens is 354 g/mol. The molecule has 1 aromatic heterocycles. The van der Waals surface area contributed by atoms with Crippen molar-refractivity contribution in [3.63, 3.8) is 0 Å². The summed E-state index contributed by atoms with van der Waals surface area (Å²) in [6, 6.07) is 11.1. The highest BCUT2D eigenvalue weighted by Gasteiger charge is 2.11. The third kappa shape index (κ3) is 6.54. The van der Waals surface area contributed by atoms with Crippen molar-refractivity contribution in [2.45, 2.75) is 32.2 Å². The lowest BCUT2D eigenvalue weighted by molar-refractivity contribution is -0.121. The fourth-order valence-corrected chi connectivity index (χ4v) is 2.34. The molecule has 142 valence electrons. The lowest BCUT2D eigenvalue weighted by Gasteiger charge is -2.14. The minimum absolute atomic E-state index is 0. The number of carbonyl (C=O) groups is 2. The summed E-state index contributed by atoms with van der Waals surface area (Å²) in [6.07, 6.45) is 1.61. The molecule has 2 rings (SSSR count). The van der Waals surface area contributed by atoms with E-state index in [1.54, 1.807) is 12.1 Å². The number of nitrogens with one attached hydrogen (secondary N) is 2.